The van der Waals surface area contributed by atoms with E-state index in [4.69, 9.17) is 5.73 Å². The molecule has 3 N–H and O–H groups in total. The Morgan fingerprint density at radius 1 is 0.962 bits per heavy atom. The fourth-order valence-electron chi connectivity index (χ4n) is 3.50. The lowest BCUT2D eigenvalue weighted by molar-refractivity contribution is 0.577. The second kappa shape index (κ2) is 6.80. The monoisotopic (exact) mass is 352 g/mol. The molecular formula is C20H18F2N4. The lowest BCUT2D eigenvalue weighted by atomic mass is 9.85. The average Bonchev–Trinajstić information content (AvgIpc) is 2.84. The van der Waals surface area contributed by atoms with E-state index < -0.39 is 5.82 Å². The Balaban J connectivity index is 1.83. The molecule has 0 amide bonds. The van der Waals surface area contributed by atoms with Crippen LogP contribution in [0.25, 0.3) is 11.3 Å². The molecule has 0 spiro atoms. The molecule has 4 nitrogen and oxygen atoms in total. The lowest BCUT2D eigenvalue weighted by Gasteiger charge is -2.19. The number of halogens is 2. The van der Waals surface area contributed by atoms with Crippen LogP contribution < -0.4 is 11.1 Å². The van der Waals surface area contributed by atoms with E-state index in [2.05, 4.69) is 15.5 Å². The van der Waals surface area contributed by atoms with Crippen LogP contribution in [-0.2, 0) is 6.54 Å². The zero-order valence-electron chi connectivity index (χ0n) is 14.0. The second-order valence-corrected chi connectivity index (χ2v) is 6.41. The lowest BCUT2D eigenvalue weighted by Crippen LogP contribution is -2.12. The van der Waals surface area contributed by atoms with Crippen LogP contribution in [0.3, 0.4) is 0 Å². The van der Waals surface area contributed by atoms with Crippen LogP contribution in [0.15, 0.2) is 48.5 Å². The van der Waals surface area contributed by atoms with Crippen LogP contribution in [0.5, 0.6) is 0 Å². The van der Waals surface area contributed by atoms with Crippen molar-refractivity contribution in [2.45, 2.75) is 18.9 Å². The van der Waals surface area contributed by atoms with Crippen LogP contribution in [0.2, 0.25) is 0 Å². The molecule has 1 atom stereocenters. The largest absolute Gasteiger partial charge is 0.382 e. The van der Waals surface area contributed by atoms with Crippen LogP contribution in [-0.4, -0.2) is 16.7 Å². The number of benzene rings is 2. The number of nitrogens with two attached hydrogens (primary N) is 1. The maximum atomic E-state index is 14.9. The molecule has 4 rings (SSSR count). The molecule has 1 aromatic heterocycles. The van der Waals surface area contributed by atoms with Crippen molar-refractivity contribution < 1.29 is 8.78 Å². The van der Waals surface area contributed by atoms with Crippen molar-refractivity contribution in [3.05, 3.63) is 76.9 Å². The summed E-state index contributed by atoms with van der Waals surface area (Å²) in [5.74, 6) is -0.572. The van der Waals surface area contributed by atoms with Crippen molar-refractivity contribution in [2.75, 3.05) is 12.3 Å². The van der Waals surface area contributed by atoms with Crippen molar-refractivity contribution >= 4 is 5.82 Å². The molecular weight excluding hydrogens is 334 g/mol. The Morgan fingerprint density at radius 3 is 2.58 bits per heavy atom. The highest BCUT2D eigenvalue weighted by atomic mass is 19.1. The van der Waals surface area contributed by atoms with Crippen molar-refractivity contribution in [2.24, 2.45) is 0 Å². The molecule has 3 aromatic rings. The molecule has 0 aliphatic carbocycles. The van der Waals surface area contributed by atoms with E-state index >= 15 is 0 Å². The van der Waals surface area contributed by atoms with Gasteiger partial charge in [-0.15, -0.1) is 10.2 Å². The van der Waals surface area contributed by atoms with Gasteiger partial charge in [-0.05, 0) is 60.0 Å². The van der Waals surface area contributed by atoms with Gasteiger partial charge in [0.2, 0.25) is 0 Å². The first-order chi connectivity index (χ1) is 12.6. The van der Waals surface area contributed by atoms with Gasteiger partial charge in [-0.25, -0.2) is 8.78 Å². The van der Waals surface area contributed by atoms with Gasteiger partial charge in [-0.2, -0.15) is 0 Å². The molecule has 1 unspecified atom stereocenters. The third-order valence-electron chi connectivity index (χ3n) is 4.77. The Morgan fingerprint density at radius 2 is 1.81 bits per heavy atom. The third kappa shape index (κ3) is 3.04. The number of nitrogen functional groups attached to an aromatic ring is 1. The zero-order chi connectivity index (χ0) is 18.1. The molecule has 26 heavy (non-hydrogen) atoms. The number of hydrogen-bond donors (Lipinski definition) is 2. The van der Waals surface area contributed by atoms with Gasteiger partial charge in [-0.1, -0.05) is 18.2 Å². The first-order valence-electron chi connectivity index (χ1n) is 8.50. The Labute approximate surface area is 150 Å². The van der Waals surface area contributed by atoms with Crippen LogP contribution >= 0.6 is 0 Å². The molecule has 0 saturated heterocycles. The molecule has 0 fully saturated rings. The van der Waals surface area contributed by atoms with E-state index in [1.807, 2.05) is 6.07 Å². The quantitative estimate of drug-likeness (QED) is 0.739. The number of fused-ring (bicyclic) bond motifs is 1. The van der Waals surface area contributed by atoms with E-state index in [1.54, 1.807) is 30.3 Å². The van der Waals surface area contributed by atoms with Gasteiger partial charge in [0.05, 0.1) is 5.69 Å². The Kier molecular flexibility index (Phi) is 4.34. The summed E-state index contributed by atoms with van der Waals surface area (Å²) in [5, 5.41) is 11.1. The summed E-state index contributed by atoms with van der Waals surface area (Å²) >= 11 is 0. The first kappa shape index (κ1) is 16.6. The van der Waals surface area contributed by atoms with E-state index in [0.29, 0.717) is 29.8 Å². The summed E-state index contributed by atoms with van der Waals surface area (Å²) in [6.07, 6.45) is 0.703. The van der Waals surface area contributed by atoms with E-state index in [0.717, 1.165) is 17.7 Å². The summed E-state index contributed by atoms with van der Waals surface area (Å²) in [5.41, 5.74) is 8.69. The minimum atomic E-state index is -0.397. The third-order valence-corrected chi connectivity index (χ3v) is 4.77. The van der Waals surface area contributed by atoms with Crippen molar-refractivity contribution in [1.29, 1.82) is 0 Å². The highest BCUT2D eigenvalue weighted by molar-refractivity contribution is 5.63. The number of rotatable bonds is 2. The molecule has 2 heterocycles. The summed E-state index contributed by atoms with van der Waals surface area (Å²) in [6.45, 7) is 1.32. The second-order valence-electron chi connectivity index (χ2n) is 6.41. The minimum Gasteiger partial charge on any atom is -0.382 e. The summed E-state index contributed by atoms with van der Waals surface area (Å²) < 4.78 is 29.2. The normalized spacial score (nSPS) is 16.8. The maximum absolute atomic E-state index is 14.9. The standard InChI is InChI=1S/C20H18F2N4/c21-17-4-2-1-3-14(17)13-7-8-24-11-12-9-16(18(22)10-15(12)13)19-5-6-20(23)26-25-19/h1-6,9-10,13,24H,7-8,11H2,(H2,23,26). The van der Waals surface area contributed by atoms with Gasteiger partial charge in [0.25, 0.3) is 0 Å². The number of nitrogens with one attached hydrogen (secondary N) is 1. The minimum absolute atomic E-state index is 0.192. The van der Waals surface area contributed by atoms with Gasteiger partial charge < -0.3 is 11.1 Å². The average molecular weight is 352 g/mol. The number of aromatic nitrogens is 2. The number of hydrogen-bond acceptors (Lipinski definition) is 4. The number of anilines is 1. The smallest absolute Gasteiger partial charge is 0.146 e. The maximum Gasteiger partial charge on any atom is 0.146 e. The van der Waals surface area contributed by atoms with Gasteiger partial charge >= 0.3 is 0 Å². The van der Waals surface area contributed by atoms with Gasteiger partial charge in [0.15, 0.2) is 0 Å². The molecule has 1 aliphatic rings. The molecule has 6 heteroatoms. The van der Waals surface area contributed by atoms with Gasteiger partial charge in [-0.3, -0.25) is 0 Å². The summed E-state index contributed by atoms with van der Waals surface area (Å²) in [6, 6.07) is 13.2. The fraction of sp³-hybridized carbons (Fsp3) is 0.200. The fourth-order valence-corrected chi connectivity index (χ4v) is 3.50. The topological polar surface area (TPSA) is 63.8 Å². The number of nitrogens with zero attached hydrogens (tertiary/aromatic N) is 2. The molecule has 2 aromatic carbocycles. The van der Waals surface area contributed by atoms with Gasteiger partial charge in [0.1, 0.15) is 17.5 Å². The van der Waals surface area contributed by atoms with Crippen molar-refractivity contribution in [3.8, 4) is 11.3 Å². The molecule has 0 saturated carbocycles. The summed E-state index contributed by atoms with van der Waals surface area (Å²) in [7, 11) is 0. The molecule has 0 radical (unpaired) electrons. The summed E-state index contributed by atoms with van der Waals surface area (Å²) in [4.78, 5) is 0. The predicted molar refractivity (Wildman–Crippen MR) is 96.4 cm³/mol. The first-order valence-corrected chi connectivity index (χ1v) is 8.50. The molecule has 0 bridgehead atoms. The Hall–Kier alpha value is -2.86. The van der Waals surface area contributed by atoms with Crippen LogP contribution in [0.1, 0.15) is 29.0 Å². The van der Waals surface area contributed by atoms with E-state index in [1.165, 1.54) is 12.1 Å². The predicted octanol–water partition coefficient (Wildman–Crippen LogP) is 3.63. The van der Waals surface area contributed by atoms with Gasteiger partial charge in [0, 0.05) is 18.0 Å². The SMILES string of the molecule is Nc1ccc(-c2cc3c(cc2F)C(c2ccccc2F)CCNC3)nn1. The van der Waals surface area contributed by atoms with Crippen LogP contribution in [0, 0.1) is 11.6 Å². The van der Waals surface area contributed by atoms with Crippen molar-refractivity contribution in [3.63, 3.8) is 0 Å². The van der Waals surface area contributed by atoms with Crippen LogP contribution in [0.4, 0.5) is 14.6 Å². The molecule has 132 valence electrons. The highest BCUT2D eigenvalue weighted by Crippen LogP contribution is 2.36. The highest BCUT2D eigenvalue weighted by Gasteiger charge is 2.25. The zero-order valence-corrected chi connectivity index (χ0v) is 14.0. The van der Waals surface area contributed by atoms with E-state index in [-0.39, 0.29) is 17.6 Å². The van der Waals surface area contributed by atoms with Crippen molar-refractivity contribution in [1.82, 2.24) is 15.5 Å². The Bertz CT molecular complexity index is 941. The molecule has 1 aliphatic heterocycles. The van der Waals surface area contributed by atoms with E-state index in [9.17, 15) is 8.78 Å².